The van der Waals surface area contributed by atoms with E-state index < -0.39 is 0 Å². The van der Waals surface area contributed by atoms with Crippen LogP contribution in [0.25, 0.3) is 5.82 Å². The average Bonchev–Trinajstić information content (AvgIpc) is 3.12. The van der Waals surface area contributed by atoms with E-state index in [2.05, 4.69) is 10.1 Å². The van der Waals surface area contributed by atoms with Crippen LogP contribution in [0.4, 0.5) is 0 Å². The predicted octanol–water partition coefficient (Wildman–Crippen LogP) is 4.18. The SMILES string of the molecule is Cc1cc(C)n(-c2ccc(Cl)c(C(=O)N(C)Cc3sccc3C)n2)n1. The number of pyridine rings is 1. The lowest BCUT2D eigenvalue weighted by molar-refractivity contribution is 0.0780. The molecule has 0 aliphatic heterocycles. The van der Waals surface area contributed by atoms with Crippen LogP contribution < -0.4 is 0 Å². The van der Waals surface area contributed by atoms with Gasteiger partial charge < -0.3 is 4.90 Å². The van der Waals surface area contributed by atoms with Crippen molar-refractivity contribution in [1.82, 2.24) is 19.7 Å². The Balaban J connectivity index is 1.91. The van der Waals surface area contributed by atoms with Gasteiger partial charge in [0.15, 0.2) is 5.82 Å². The molecule has 0 aliphatic rings. The minimum atomic E-state index is -0.207. The highest BCUT2D eigenvalue weighted by Crippen LogP contribution is 2.22. The fourth-order valence-electron chi connectivity index (χ4n) is 2.59. The van der Waals surface area contributed by atoms with Crippen LogP contribution in [0.3, 0.4) is 0 Å². The van der Waals surface area contributed by atoms with Crippen molar-refractivity contribution in [3.63, 3.8) is 0 Å². The molecule has 0 N–H and O–H groups in total. The lowest BCUT2D eigenvalue weighted by Gasteiger charge is -2.17. The number of carbonyl (C=O) groups is 1. The quantitative estimate of drug-likeness (QED) is 0.688. The summed E-state index contributed by atoms with van der Waals surface area (Å²) in [7, 11) is 1.76. The lowest BCUT2D eigenvalue weighted by Crippen LogP contribution is -2.27. The fraction of sp³-hybridized carbons (Fsp3) is 0.278. The Kier molecular flexibility index (Phi) is 4.92. The third kappa shape index (κ3) is 3.60. The summed E-state index contributed by atoms with van der Waals surface area (Å²) in [6.45, 7) is 6.44. The van der Waals surface area contributed by atoms with Crippen LogP contribution in [0.15, 0.2) is 29.6 Å². The number of nitrogens with zero attached hydrogens (tertiary/aromatic N) is 4. The van der Waals surface area contributed by atoms with E-state index in [0.717, 1.165) is 16.3 Å². The van der Waals surface area contributed by atoms with E-state index in [1.54, 1.807) is 40.1 Å². The lowest BCUT2D eigenvalue weighted by atomic mass is 10.2. The summed E-state index contributed by atoms with van der Waals surface area (Å²) in [6, 6.07) is 7.47. The van der Waals surface area contributed by atoms with Crippen molar-refractivity contribution < 1.29 is 4.79 Å². The molecule has 0 radical (unpaired) electrons. The van der Waals surface area contributed by atoms with E-state index in [1.807, 2.05) is 38.3 Å². The van der Waals surface area contributed by atoms with Gasteiger partial charge in [-0.05, 0) is 56.0 Å². The third-order valence-corrected chi connectivity index (χ3v) is 5.27. The maximum absolute atomic E-state index is 12.8. The van der Waals surface area contributed by atoms with Crippen LogP contribution in [0.2, 0.25) is 5.02 Å². The second-order valence-corrected chi connectivity index (χ2v) is 7.43. The van der Waals surface area contributed by atoms with E-state index in [0.29, 0.717) is 17.4 Å². The topological polar surface area (TPSA) is 51.0 Å². The molecule has 3 aromatic rings. The smallest absolute Gasteiger partial charge is 0.274 e. The molecule has 3 rings (SSSR count). The molecule has 7 heteroatoms. The maximum Gasteiger partial charge on any atom is 0.274 e. The van der Waals surface area contributed by atoms with Gasteiger partial charge in [0, 0.05) is 17.6 Å². The first kappa shape index (κ1) is 17.6. The summed E-state index contributed by atoms with van der Waals surface area (Å²) < 4.78 is 1.71. The largest absolute Gasteiger partial charge is 0.335 e. The molecule has 0 aliphatic carbocycles. The molecular formula is C18H19ClN4OS. The molecule has 0 fully saturated rings. The number of amides is 1. The normalized spacial score (nSPS) is 10.9. The van der Waals surface area contributed by atoms with Crippen LogP contribution in [0.5, 0.6) is 0 Å². The standard InChI is InChI=1S/C18H19ClN4OS/c1-11-7-8-25-15(11)10-22(4)18(24)17-14(19)5-6-16(20-17)23-13(3)9-12(2)21-23/h5-9H,10H2,1-4H3. The van der Waals surface area contributed by atoms with Gasteiger partial charge in [-0.25, -0.2) is 9.67 Å². The van der Waals surface area contributed by atoms with Crippen LogP contribution in [0.1, 0.15) is 32.3 Å². The molecule has 0 aromatic carbocycles. The highest BCUT2D eigenvalue weighted by atomic mass is 35.5. The number of hydrogen-bond donors (Lipinski definition) is 0. The molecule has 0 saturated heterocycles. The molecule has 3 heterocycles. The molecule has 130 valence electrons. The third-order valence-electron chi connectivity index (χ3n) is 3.96. The second-order valence-electron chi connectivity index (χ2n) is 6.03. The molecular weight excluding hydrogens is 356 g/mol. The van der Waals surface area contributed by atoms with Gasteiger partial charge in [-0.3, -0.25) is 4.79 Å². The molecule has 5 nitrogen and oxygen atoms in total. The fourth-order valence-corrected chi connectivity index (χ4v) is 3.74. The summed E-state index contributed by atoms with van der Waals surface area (Å²) in [5, 5.41) is 6.78. The average molecular weight is 375 g/mol. The number of aryl methyl sites for hydroxylation is 3. The number of hydrogen-bond acceptors (Lipinski definition) is 4. The van der Waals surface area contributed by atoms with E-state index >= 15 is 0 Å². The zero-order chi connectivity index (χ0) is 18.1. The molecule has 0 bridgehead atoms. The number of aromatic nitrogens is 3. The Morgan fingerprint density at radius 3 is 2.64 bits per heavy atom. The van der Waals surface area contributed by atoms with Gasteiger partial charge in [0.05, 0.1) is 17.3 Å². The van der Waals surface area contributed by atoms with Crippen LogP contribution >= 0.6 is 22.9 Å². The Morgan fingerprint density at radius 1 is 1.28 bits per heavy atom. The number of rotatable bonds is 4. The van der Waals surface area contributed by atoms with E-state index in [-0.39, 0.29) is 11.6 Å². The molecule has 0 spiro atoms. The number of thiophene rings is 1. The second kappa shape index (κ2) is 6.98. The minimum Gasteiger partial charge on any atom is -0.335 e. The summed E-state index contributed by atoms with van der Waals surface area (Å²) in [6.07, 6.45) is 0. The molecule has 1 amide bonds. The highest BCUT2D eigenvalue weighted by Gasteiger charge is 2.20. The van der Waals surface area contributed by atoms with E-state index in [1.165, 1.54) is 5.56 Å². The molecule has 25 heavy (non-hydrogen) atoms. The number of carbonyl (C=O) groups excluding carboxylic acids is 1. The van der Waals surface area contributed by atoms with Crippen LogP contribution in [-0.4, -0.2) is 32.6 Å². The number of halogens is 1. The Morgan fingerprint density at radius 2 is 2.04 bits per heavy atom. The first-order chi connectivity index (χ1) is 11.9. The van der Waals surface area contributed by atoms with Gasteiger partial charge >= 0.3 is 0 Å². The molecule has 0 atom stereocenters. The summed E-state index contributed by atoms with van der Waals surface area (Å²) >= 11 is 7.88. The van der Waals surface area contributed by atoms with Gasteiger partial charge in [-0.15, -0.1) is 11.3 Å². The van der Waals surface area contributed by atoms with Crippen molar-refractivity contribution in [3.05, 3.63) is 62.2 Å². The maximum atomic E-state index is 12.8. The summed E-state index contributed by atoms with van der Waals surface area (Å²) in [5.41, 5.74) is 3.27. The van der Waals surface area contributed by atoms with Crippen molar-refractivity contribution in [3.8, 4) is 5.82 Å². The Bertz CT molecular complexity index is 931. The zero-order valence-corrected chi connectivity index (χ0v) is 16.1. The molecule has 0 saturated carbocycles. The van der Waals surface area contributed by atoms with Crippen molar-refractivity contribution in [2.45, 2.75) is 27.3 Å². The van der Waals surface area contributed by atoms with Crippen molar-refractivity contribution in [2.24, 2.45) is 0 Å². The van der Waals surface area contributed by atoms with E-state index in [9.17, 15) is 4.79 Å². The predicted molar refractivity (Wildman–Crippen MR) is 101 cm³/mol. The Hall–Kier alpha value is -2.18. The highest BCUT2D eigenvalue weighted by molar-refractivity contribution is 7.10. The van der Waals surface area contributed by atoms with Crippen molar-refractivity contribution in [1.29, 1.82) is 0 Å². The van der Waals surface area contributed by atoms with E-state index in [4.69, 9.17) is 11.6 Å². The molecule has 3 aromatic heterocycles. The van der Waals surface area contributed by atoms with Crippen LogP contribution in [0, 0.1) is 20.8 Å². The first-order valence-electron chi connectivity index (χ1n) is 7.85. The zero-order valence-electron chi connectivity index (χ0n) is 14.6. The van der Waals surface area contributed by atoms with Crippen molar-refractivity contribution in [2.75, 3.05) is 7.05 Å². The van der Waals surface area contributed by atoms with Gasteiger partial charge in [0.25, 0.3) is 5.91 Å². The van der Waals surface area contributed by atoms with Crippen LogP contribution in [-0.2, 0) is 6.54 Å². The summed E-state index contributed by atoms with van der Waals surface area (Å²) in [4.78, 5) is 20.1. The Labute approximate surface area is 155 Å². The summed E-state index contributed by atoms with van der Waals surface area (Å²) in [5.74, 6) is 0.375. The minimum absolute atomic E-state index is 0.207. The monoisotopic (exact) mass is 374 g/mol. The first-order valence-corrected chi connectivity index (χ1v) is 9.11. The van der Waals surface area contributed by atoms with Crippen molar-refractivity contribution >= 4 is 28.8 Å². The van der Waals surface area contributed by atoms with Gasteiger partial charge in [0.1, 0.15) is 5.69 Å². The molecule has 0 unspecified atom stereocenters. The van der Waals surface area contributed by atoms with Gasteiger partial charge in [0.2, 0.25) is 0 Å². The van der Waals surface area contributed by atoms with Gasteiger partial charge in [-0.1, -0.05) is 11.6 Å². The van der Waals surface area contributed by atoms with Gasteiger partial charge in [-0.2, -0.15) is 5.10 Å².